The largest absolute Gasteiger partial charge is 0.462 e. The van der Waals surface area contributed by atoms with Crippen molar-refractivity contribution >= 4 is 34.7 Å². The molecule has 3 fully saturated rings. The van der Waals surface area contributed by atoms with Crippen molar-refractivity contribution in [3.63, 3.8) is 0 Å². The summed E-state index contributed by atoms with van der Waals surface area (Å²) in [5, 5.41) is 8.35. The highest BCUT2D eigenvalue weighted by Crippen LogP contribution is 2.65. The zero-order chi connectivity index (χ0) is 23.9. The average molecular weight is 480 g/mol. The zero-order valence-electron chi connectivity index (χ0n) is 20.6. The first kappa shape index (κ1) is 23.5. The van der Waals surface area contributed by atoms with Crippen LogP contribution >= 0.6 is 12.2 Å². The molecule has 6 heteroatoms. The summed E-state index contributed by atoms with van der Waals surface area (Å²) in [6.07, 6.45) is 11.6. The van der Waals surface area contributed by atoms with Gasteiger partial charge in [-0.1, -0.05) is 37.6 Å². The van der Waals surface area contributed by atoms with Gasteiger partial charge in [0.15, 0.2) is 5.11 Å². The summed E-state index contributed by atoms with van der Waals surface area (Å²) in [5.41, 5.74) is 7.07. The second kappa shape index (κ2) is 9.10. The quantitative estimate of drug-likeness (QED) is 0.306. The van der Waals surface area contributed by atoms with Crippen molar-refractivity contribution in [3.8, 4) is 0 Å². The van der Waals surface area contributed by atoms with Gasteiger partial charge in [-0.2, -0.15) is 5.10 Å². The van der Waals surface area contributed by atoms with Crippen molar-refractivity contribution in [2.45, 2.75) is 78.2 Å². The molecule has 5 rings (SSSR count). The van der Waals surface area contributed by atoms with E-state index in [1.54, 1.807) is 12.5 Å². The maximum Gasteiger partial charge on any atom is 0.302 e. The highest BCUT2D eigenvalue weighted by molar-refractivity contribution is 7.80. The Kier molecular flexibility index (Phi) is 6.30. The molecule has 0 radical (unpaired) electrons. The third-order valence-electron chi connectivity index (χ3n) is 9.53. The molecule has 0 saturated heterocycles. The van der Waals surface area contributed by atoms with Gasteiger partial charge in [0, 0.05) is 18.0 Å². The molecule has 0 unspecified atom stereocenters. The predicted octanol–water partition coefficient (Wildman–Crippen LogP) is 6.22. The highest BCUT2D eigenvalue weighted by atomic mass is 32.1. The van der Waals surface area contributed by atoms with Crippen LogP contribution in [0.1, 0.15) is 72.1 Å². The van der Waals surface area contributed by atoms with Crippen LogP contribution in [0, 0.1) is 28.6 Å². The number of esters is 1. The highest BCUT2D eigenvalue weighted by Gasteiger charge is 2.59. The second-order valence-corrected chi connectivity index (χ2v) is 11.7. The summed E-state index contributed by atoms with van der Waals surface area (Å²) in [5.74, 6) is 2.01. The fourth-order valence-corrected chi connectivity index (χ4v) is 7.97. The van der Waals surface area contributed by atoms with E-state index in [1.165, 1.54) is 25.7 Å². The number of allylic oxidation sites excluding steroid dienone is 2. The smallest absolute Gasteiger partial charge is 0.302 e. The van der Waals surface area contributed by atoms with Crippen LogP contribution in [0.3, 0.4) is 0 Å². The molecule has 1 aromatic rings. The minimum Gasteiger partial charge on any atom is -0.462 e. The third kappa shape index (κ3) is 4.19. The van der Waals surface area contributed by atoms with Gasteiger partial charge < -0.3 is 10.1 Å². The molecular weight excluding hydrogens is 442 g/mol. The molecule has 3 saturated carbocycles. The standard InChI is InChI=1S/C28H37N3O2S/c1-18(32)33-25-12-11-23-22-10-9-19-17-21(30-31-26(34)29-20-7-5-4-6-8-20)13-15-27(19,2)24(22)14-16-28(23,25)3/h4-8,17,22-25H,9-16H2,1-3H3,(H2,29,31,34)/b30-21-/t22-,23-,24-,25-,27-,28-/m0/s1. The Labute approximate surface area is 208 Å². The number of hydrogen-bond donors (Lipinski definition) is 2. The Bertz CT molecular complexity index is 1020. The van der Waals surface area contributed by atoms with Crippen molar-refractivity contribution in [1.29, 1.82) is 0 Å². The molecule has 4 aliphatic rings. The van der Waals surface area contributed by atoms with Gasteiger partial charge >= 0.3 is 5.97 Å². The van der Waals surface area contributed by atoms with Crippen molar-refractivity contribution in [2.24, 2.45) is 33.7 Å². The Morgan fingerprint density at radius 2 is 1.85 bits per heavy atom. The van der Waals surface area contributed by atoms with Crippen LogP contribution in [0.2, 0.25) is 0 Å². The molecule has 0 bridgehead atoms. The molecule has 2 N–H and O–H groups in total. The first-order valence-corrected chi connectivity index (χ1v) is 13.3. The summed E-state index contributed by atoms with van der Waals surface area (Å²) >= 11 is 5.43. The van der Waals surface area contributed by atoms with Gasteiger partial charge in [0.25, 0.3) is 0 Å². The SMILES string of the molecule is CC(=O)O[C@H]1CC[C@H]2[C@@H]3CCC4=C/C(=N\NC(=S)Nc5ccccc5)CC[C@]4(C)[C@H]3CC[C@]12C. The number of carbonyl (C=O) groups is 1. The summed E-state index contributed by atoms with van der Waals surface area (Å²) < 4.78 is 5.80. The van der Waals surface area contributed by atoms with Gasteiger partial charge in [-0.05, 0) is 105 Å². The van der Waals surface area contributed by atoms with Gasteiger partial charge in [0.05, 0.1) is 5.71 Å². The Hall–Kier alpha value is -2.21. The molecule has 5 nitrogen and oxygen atoms in total. The minimum atomic E-state index is -0.124. The van der Waals surface area contributed by atoms with E-state index in [0.717, 1.165) is 48.9 Å². The first-order chi connectivity index (χ1) is 16.3. The number of fused-ring (bicyclic) bond motifs is 5. The topological polar surface area (TPSA) is 62.7 Å². The van der Waals surface area contributed by atoms with Gasteiger partial charge in [0.2, 0.25) is 0 Å². The number of rotatable bonds is 3. The van der Waals surface area contributed by atoms with E-state index >= 15 is 0 Å². The van der Waals surface area contributed by atoms with Gasteiger partial charge in [-0.25, -0.2) is 0 Å². The average Bonchev–Trinajstić information content (AvgIpc) is 3.14. The van der Waals surface area contributed by atoms with Crippen LogP contribution in [-0.4, -0.2) is 22.9 Å². The molecule has 4 aliphatic carbocycles. The third-order valence-corrected chi connectivity index (χ3v) is 9.72. The molecule has 6 atom stereocenters. The molecule has 0 heterocycles. The Morgan fingerprint density at radius 1 is 1.06 bits per heavy atom. The van der Waals surface area contributed by atoms with E-state index < -0.39 is 0 Å². The number of carbonyl (C=O) groups excluding carboxylic acids is 1. The van der Waals surface area contributed by atoms with Crippen LogP contribution in [0.4, 0.5) is 5.69 Å². The van der Waals surface area contributed by atoms with E-state index in [4.69, 9.17) is 17.0 Å². The fraction of sp³-hybridized carbons (Fsp3) is 0.607. The predicted molar refractivity (Wildman–Crippen MR) is 140 cm³/mol. The lowest BCUT2D eigenvalue weighted by Crippen LogP contribution is -2.51. The van der Waals surface area contributed by atoms with Crippen LogP contribution < -0.4 is 10.7 Å². The molecule has 1 aromatic carbocycles. The van der Waals surface area contributed by atoms with E-state index in [0.29, 0.717) is 11.0 Å². The van der Waals surface area contributed by atoms with Crippen molar-refractivity contribution in [3.05, 3.63) is 42.0 Å². The van der Waals surface area contributed by atoms with Crippen LogP contribution in [0.5, 0.6) is 0 Å². The molecule has 0 spiro atoms. The number of hydrogen-bond acceptors (Lipinski definition) is 4. The maximum absolute atomic E-state index is 11.7. The number of thiocarbonyl (C=S) groups is 1. The van der Waals surface area contributed by atoms with E-state index in [1.807, 2.05) is 30.3 Å². The van der Waals surface area contributed by atoms with E-state index in [9.17, 15) is 4.79 Å². The lowest BCUT2D eigenvalue weighted by atomic mass is 9.47. The zero-order valence-corrected chi connectivity index (χ0v) is 21.4. The lowest BCUT2D eigenvalue weighted by Gasteiger charge is -2.58. The molecule has 34 heavy (non-hydrogen) atoms. The number of ether oxygens (including phenoxy) is 1. The summed E-state index contributed by atoms with van der Waals surface area (Å²) in [4.78, 5) is 11.7. The van der Waals surface area contributed by atoms with Crippen molar-refractivity contribution in [1.82, 2.24) is 5.43 Å². The van der Waals surface area contributed by atoms with Gasteiger partial charge in [-0.3, -0.25) is 10.2 Å². The Morgan fingerprint density at radius 3 is 2.62 bits per heavy atom. The summed E-state index contributed by atoms with van der Waals surface area (Å²) in [7, 11) is 0. The normalized spacial score (nSPS) is 37.6. The molecule has 0 aromatic heterocycles. The Balaban J connectivity index is 1.27. The number of hydrazone groups is 1. The summed E-state index contributed by atoms with van der Waals surface area (Å²) in [6.45, 7) is 6.45. The number of nitrogens with one attached hydrogen (secondary N) is 2. The van der Waals surface area contributed by atoms with Gasteiger partial charge in [0.1, 0.15) is 6.10 Å². The van der Waals surface area contributed by atoms with Gasteiger partial charge in [-0.15, -0.1) is 0 Å². The first-order valence-electron chi connectivity index (χ1n) is 12.9. The van der Waals surface area contributed by atoms with E-state index in [2.05, 4.69) is 35.8 Å². The molecule has 182 valence electrons. The monoisotopic (exact) mass is 479 g/mol. The maximum atomic E-state index is 11.7. The second-order valence-electron chi connectivity index (χ2n) is 11.3. The number of benzene rings is 1. The fourth-order valence-electron chi connectivity index (χ4n) is 7.81. The number of nitrogens with zero attached hydrogens (tertiary/aromatic N) is 1. The molecule has 0 aliphatic heterocycles. The molecular formula is C28H37N3O2S. The van der Waals surface area contributed by atoms with E-state index in [-0.39, 0.29) is 22.9 Å². The summed E-state index contributed by atoms with van der Waals surface area (Å²) in [6, 6.07) is 9.92. The van der Waals surface area contributed by atoms with Crippen molar-refractivity contribution in [2.75, 3.05) is 5.32 Å². The van der Waals surface area contributed by atoms with Crippen LogP contribution in [0.25, 0.3) is 0 Å². The number of anilines is 1. The van der Waals surface area contributed by atoms with Crippen LogP contribution in [0.15, 0.2) is 47.1 Å². The van der Waals surface area contributed by atoms with Crippen molar-refractivity contribution < 1.29 is 9.53 Å². The van der Waals surface area contributed by atoms with Crippen LogP contribution in [-0.2, 0) is 9.53 Å². The molecule has 0 amide bonds. The minimum absolute atomic E-state index is 0.102. The lowest BCUT2D eigenvalue weighted by molar-refractivity contribution is -0.157. The number of para-hydroxylation sites is 1.